The maximum absolute atomic E-state index is 12.6. The lowest BCUT2D eigenvalue weighted by atomic mass is 9.95. The van der Waals surface area contributed by atoms with Gasteiger partial charge in [-0.1, -0.05) is 39.0 Å². The molecule has 0 radical (unpaired) electrons. The smallest absolute Gasteiger partial charge is 0.254 e. The average Bonchev–Trinajstić information content (AvgIpc) is 2.60. The number of nitrogens with one attached hydrogen (secondary N) is 1. The highest BCUT2D eigenvalue weighted by molar-refractivity contribution is 5.87. The van der Waals surface area contributed by atoms with Gasteiger partial charge in [-0.15, -0.1) is 0 Å². The molecule has 25 heavy (non-hydrogen) atoms. The molecule has 1 aliphatic carbocycles. The van der Waals surface area contributed by atoms with Gasteiger partial charge in [0.1, 0.15) is 0 Å². The molecule has 2 aromatic heterocycles. The van der Waals surface area contributed by atoms with E-state index in [2.05, 4.69) is 29.1 Å². The molecule has 3 rings (SSSR count). The van der Waals surface area contributed by atoms with Crippen LogP contribution in [0.15, 0.2) is 17.1 Å². The van der Waals surface area contributed by atoms with Crippen molar-refractivity contribution in [1.82, 2.24) is 14.5 Å². The van der Waals surface area contributed by atoms with E-state index < -0.39 is 0 Å². The summed E-state index contributed by atoms with van der Waals surface area (Å²) < 4.78 is 1.84. The molecule has 0 saturated heterocycles. The van der Waals surface area contributed by atoms with Crippen molar-refractivity contribution in [3.8, 4) is 0 Å². The summed E-state index contributed by atoms with van der Waals surface area (Å²) >= 11 is 0. The Hall–Kier alpha value is -2.11. The summed E-state index contributed by atoms with van der Waals surface area (Å²) in [4.78, 5) is 21.7. The van der Waals surface area contributed by atoms with Gasteiger partial charge in [-0.3, -0.25) is 9.36 Å². The highest BCUT2D eigenvalue weighted by Crippen LogP contribution is 2.30. The molecule has 0 aliphatic heterocycles. The van der Waals surface area contributed by atoms with Crippen molar-refractivity contribution in [3.05, 3.63) is 22.6 Å². The van der Waals surface area contributed by atoms with Crippen molar-refractivity contribution in [2.24, 2.45) is 0 Å². The summed E-state index contributed by atoms with van der Waals surface area (Å²) in [5.74, 6) is 0.575. The lowest BCUT2D eigenvalue weighted by Crippen LogP contribution is -2.28. The molecule has 2 aromatic rings. The number of nitrogens with two attached hydrogens (primary N) is 1. The van der Waals surface area contributed by atoms with Gasteiger partial charge >= 0.3 is 0 Å². The zero-order chi connectivity index (χ0) is 17.8. The number of pyridine rings is 1. The van der Waals surface area contributed by atoms with Crippen LogP contribution in [0.5, 0.6) is 0 Å². The average molecular weight is 343 g/mol. The molecule has 6 heteroatoms. The van der Waals surface area contributed by atoms with E-state index in [0.717, 1.165) is 37.5 Å². The molecule has 2 heterocycles. The first-order valence-corrected chi connectivity index (χ1v) is 9.54. The Morgan fingerprint density at radius 1 is 1.36 bits per heavy atom. The number of hydrogen-bond acceptors (Lipinski definition) is 5. The standard InChI is InChI=1S/C19H29N5O/c1-3-4-8-13(2)22-19-21-12-15-16(20)11-17(25)24(18(15)23-19)14-9-6-5-7-10-14/h11-14H,3-10,20H2,1-2H3,(H,21,22,23). The van der Waals surface area contributed by atoms with Gasteiger partial charge in [-0.05, 0) is 26.2 Å². The third kappa shape index (κ3) is 3.94. The molecular weight excluding hydrogens is 314 g/mol. The first kappa shape index (κ1) is 17.7. The third-order valence-electron chi connectivity index (χ3n) is 5.13. The van der Waals surface area contributed by atoms with Crippen molar-refractivity contribution in [2.75, 3.05) is 11.1 Å². The molecule has 1 atom stereocenters. The maximum atomic E-state index is 12.6. The summed E-state index contributed by atoms with van der Waals surface area (Å²) in [7, 11) is 0. The Bertz CT molecular complexity index is 779. The molecule has 1 unspecified atom stereocenters. The first-order chi connectivity index (χ1) is 12.1. The second kappa shape index (κ2) is 7.85. The second-order valence-corrected chi connectivity index (χ2v) is 7.22. The number of nitrogens with zero attached hydrogens (tertiary/aromatic N) is 3. The normalized spacial score (nSPS) is 16.9. The van der Waals surface area contributed by atoms with Crippen molar-refractivity contribution >= 4 is 22.7 Å². The van der Waals surface area contributed by atoms with Gasteiger partial charge in [0.15, 0.2) is 5.65 Å². The molecule has 1 saturated carbocycles. The molecular formula is C19H29N5O. The van der Waals surface area contributed by atoms with E-state index in [-0.39, 0.29) is 11.6 Å². The topological polar surface area (TPSA) is 85.8 Å². The lowest BCUT2D eigenvalue weighted by molar-refractivity contribution is 0.353. The Labute approximate surface area is 148 Å². The van der Waals surface area contributed by atoms with Crippen LogP contribution in [0.1, 0.15) is 71.3 Å². The minimum absolute atomic E-state index is 0.0550. The lowest BCUT2D eigenvalue weighted by Gasteiger charge is -2.25. The van der Waals surface area contributed by atoms with E-state index >= 15 is 0 Å². The Morgan fingerprint density at radius 3 is 2.84 bits per heavy atom. The zero-order valence-corrected chi connectivity index (χ0v) is 15.3. The van der Waals surface area contributed by atoms with Gasteiger partial charge in [0.05, 0.1) is 5.39 Å². The quantitative estimate of drug-likeness (QED) is 0.831. The van der Waals surface area contributed by atoms with E-state index in [0.29, 0.717) is 23.3 Å². The highest BCUT2D eigenvalue weighted by Gasteiger charge is 2.20. The van der Waals surface area contributed by atoms with Crippen LogP contribution >= 0.6 is 0 Å². The van der Waals surface area contributed by atoms with Crippen LogP contribution < -0.4 is 16.6 Å². The van der Waals surface area contributed by atoms with E-state index in [1.54, 1.807) is 6.20 Å². The van der Waals surface area contributed by atoms with Crippen molar-refractivity contribution in [1.29, 1.82) is 0 Å². The van der Waals surface area contributed by atoms with Crippen LogP contribution in [0.2, 0.25) is 0 Å². The fraction of sp³-hybridized carbons (Fsp3) is 0.632. The van der Waals surface area contributed by atoms with E-state index in [9.17, 15) is 4.79 Å². The number of rotatable bonds is 6. The van der Waals surface area contributed by atoms with Crippen LogP contribution in [0.4, 0.5) is 11.6 Å². The number of nitrogen functional groups attached to an aromatic ring is 1. The highest BCUT2D eigenvalue weighted by atomic mass is 16.1. The van der Waals surface area contributed by atoms with Crippen LogP contribution in [0.25, 0.3) is 11.0 Å². The fourth-order valence-electron chi connectivity index (χ4n) is 3.71. The molecule has 1 fully saturated rings. The summed E-state index contributed by atoms with van der Waals surface area (Å²) in [6.07, 6.45) is 10.8. The second-order valence-electron chi connectivity index (χ2n) is 7.22. The number of unbranched alkanes of at least 4 members (excludes halogenated alkanes) is 1. The molecule has 0 amide bonds. The predicted molar refractivity (Wildman–Crippen MR) is 103 cm³/mol. The molecule has 0 bridgehead atoms. The fourth-order valence-corrected chi connectivity index (χ4v) is 3.71. The van der Waals surface area contributed by atoms with Gasteiger partial charge in [-0.2, -0.15) is 4.98 Å². The van der Waals surface area contributed by atoms with Gasteiger partial charge in [0, 0.05) is 30.0 Å². The molecule has 6 nitrogen and oxygen atoms in total. The van der Waals surface area contributed by atoms with Crippen LogP contribution in [-0.2, 0) is 0 Å². The summed E-state index contributed by atoms with van der Waals surface area (Å²) in [6.45, 7) is 4.32. The molecule has 3 N–H and O–H groups in total. The summed E-state index contributed by atoms with van der Waals surface area (Å²) in [5, 5.41) is 4.12. The van der Waals surface area contributed by atoms with Crippen molar-refractivity contribution in [3.63, 3.8) is 0 Å². The minimum Gasteiger partial charge on any atom is -0.398 e. The Kier molecular flexibility index (Phi) is 5.56. The van der Waals surface area contributed by atoms with Gasteiger partial charge in [0.25, 0.3) is 5.56 Å². The Balaban J connectivity index is 1.99. The Morgan fingerprint density at radius 2 is 2.12 bits per heavy atom. The third-order valence-corrected chi connectivity index (χ3v) is 5.13. The van der Waals surface area contributed by atoms with Gasteiger partial charge < -0.3 is 11.1 Å². The largest absolute Gasteiger partial charge is 0.398 e. The van der Waals surface area contributed by atoms with Crippen molar-refractivity contribution < 1.29 is 0 Å². The molecule has 136 valence electrons. The number of aromatic nitrogens is 3. The van der Waals surface area contributed by atoms with E-state index in [1.165, 1.54) is 25.3 Å². The minimum atomic E-state index is -0.0550. The molecule has 0 spiro atoms. The first-order valence-electron chi connectivity index (χ1n) is 9.54. The van der Waals surface area contributed by atoms with E-state index in [1.807, 2.05) is 4.57 Å². The van der Waals surface area contributed by atoms with Crippen LogP contribution in [-0.4, -0.2) is 20.6 Å². The van der Waals surface area contributed by atoms with Crippen LogP contribution in [0.3, 0.4) is 0 Å². The maximum Gasteiger partial charge on any atom is 0.254 e. The summed E-state index contributed by atoms with van der Waals surface area (Å²) in [6, 6.07) is 2.02. The molecule has 1 aliphatic rings. The predicted octanol–water partition coefficient (Wildman–Crippen LogP) is 3.87. The van der Waals surface area contributed by atoms with Crippen LogP contribution in [0, 0.1) is 0 Å². The SMILES string of the molecule is CCCCC(C)Nc1ncc2c(N)cc(=O)n(C3CCCCC3)c2n1. The number of hydrogen-bond donors (Lipinski definition) is 2. The number of fused-ring (bicyclic) bond motifs is 1. The zero-order valence-electron chi connectivity index (χ0n) is 15.3. The number of anilines is 2. The van der Waals surface area contributed by atoms with Crippen molar-refractivity contribution in [2.45, 2.75) is 77.3 Å². The summed E-state index contributed by atoms with van der Waals surface area (Å²) in [5.41, 5.74) is 7.12. The van der Waals surface area contributed by atoms with E-state index in [4.69, 9.17) is 5.73 Å². The molecule has 0 aromatic carbocycles. The van der Waals surface area contributed by atoms with Gasteiger partial charge in [-0.25, -0.2) is 4.98 Å². The van der Waals surface area contributed by atoms with Gasteiger partial charge in [0.2, 0.25) is 5.95 Å². The monoisotopic (exact) mass is 343 g/mol.